The Labute approximate surface area is 96.4 Å². The van der Waals surface area contributed by atoms with Gasteiger partial charge in [0.05, 0.1) is 0 Å². The van der Waals surface area contributed by atoms with E-state index in [0.29, 0.717) is 5.92 Å². The summed E-state index contributed by atoms with van der Waals surface area (Å²) in [5, 5.41) is 2.97. The van der Waals surface area contributed by atoms with E-state index in [2.05, 4.69) is 5.32 Å². The van der Waals surface area contributed by atoms with Gasteiger partial charge in [0, 0.05) is 20.0 Å². The van der Waals surface area contributed by atoms with Crippen LogP contribution in [0.4, 0.5) is 0 Å². The highest BCUT2D eigenvalue weighted by Gasteiger charge is 2.31. The Bertz CT molecular complexity index is 287. The molecule has 2 aliphatic rings. The minimum Gasteiger partial charge on any atom is -0.354 e. The van der Waals surface area contributed by atoms with Gasteiger partial charge < -0.3 is 10.2 Å². The van der Waals surface area contributed by atoms with E-state index in [4.69, 9.17) is 0 Å². The van der Waals surface area contributed by atoms with Crippen molar-refractivity contribution in [3.8, 4) is 0 Å². The third-order valence-electron chi connectivity index (χ3n) is 3.47. The van der Waals surface area contributed by atoms with Gasteiger partial charge in [-0.15, -0.1) is 0 Å². The summed E-state index contributed by atoms with van der Waals surface area (Å²) in [7, 11) is 0. The molecule has 90 valence electrons. The second-order valence-electron chi connectivity index (χ2n) is 4.91. The Morgan fingerprint density at radius 1 is 1.25 bits per heavy atom. The molecule has 0 aromatic rings. The average molecular weight is 224 g/mol. The fourth-order valence-electron chi connectivity index (χ4n) is 2.27. The van der Waals surface area contributed by atoms with Gasteiger partial charge in [-0.25, -0.2) is 0 Å². The van der Waals surface area contributed by atoms with Gasteiger partial charge in [0.15, 0.2) is 0 Å². The molecule has 0 radical (unpaired) electrons. The summed E-state index contributed by atoms with van der Waals surface area (Å²) in [6.45, 7) is 3.07. The Hall–Kier alpha value is -1.06. The molecule has 0 bridgehead atoms. The van der Waals surface area contributed by atoms with Crippen LogP contribution in [0.1, 0.15) is 39.0 Å². The maximum absolute atomic E-state index is 11.9. The Morgan fingerprint density at radius 3 is 2.62 bits per heavy atom. The fraction of sp³-hybridized carbons (Fsp3) is 0.833. The molecule has 1 heterocycles. The standard InChI is InChI=1S/C12H20N2O2/c1-9(15)14-7-3-2-4-11(14)12(16)13-8-10-5-6-10/h10-11H,2-8H2,1H3,(H,13,16). The lowest BCUT2D eigenvalue weighted by Gasteiger charge is -2.33. The molecule has 0 spiro atoms. The Kier molecular flexibility index (Phi) is 3.46. The molecule has 1 N–H and O–H groups in total. The number of carbonyl (C=O) groups excluding carboxylic acids is 2. The van der Waals surface area contributed by atoms with Gasteiger partial charge in [0.1, 0.15) is 6.04 Å². The third-order valence-corrected chi connectivity index (χ3v) is 3.47. The second-order valence-corrected chi connectivity index (χ2v) is 4.91. The number of piperidine rings is 1. The van der Waals surface area contributed by atoms with Crippen LogP contribution in [-0.4, -0.2) is 35.8 Å². The molecular formula is C12H20N2O2. The van der Waals surface area contributed by atoms with Crippen LogP contribution in [-0.2, 0) is 9.59 Å². The Balaban J connectivity index is 1.87. The molecule has 1 aliphatic heterocycles. The minimum absolute atomic E-state index is 0.0197. The largest absolute Gasteiger partial charge is 0.354 e. The van der Waals surface area contributed by atoms with Gasteiger partial charge in [0.2, 0.25) is 11.8 Å². The van der Waals surface area contributed by atoms with E-state index in [1.165, 1.54) is 12.8 Å². The first-order valence-electron chi connectivity index (χ1n) is 6.23. The van der Waals surface area contributed by atoms with E-state index < -0.39 is 0 Å². The van der Waals surface area contributed by atoms with Crippen molar-refractivity contribution in [1.82, 2.24) is 10.2 Å². The van der Waals surface area contributed by atoms with Crippen molar-refractivity contribution in [2.75, 3.05) is 13.1 Å². The van der Waals surface area contributed by atoms with Crippen molar-refractivity contribution in [2.45, 2.75) is 45.1 Å². The van der Waals surface area contributed by atoms with Crippen LogP contribution in [0, 0.1) is 5.92 Å². The van der Waals surface area contributed by atoms with Gasteiger partial charge in [0.25, 0.3) is 0 Å². The predicted octanol–water partition coefficient (Wildman–Crippen LogP) is 0.914. The topological polar surface area (TPSA) is 49.4 Å². The van der Waals surface area contributed by atoms with Gasteiger partial charge >= 0.3 is 0 Å². The van der Waals surface area contributed by atoms with Gasteiger partial charge in [-0.1, -0.05) is 0 Å². The summed E-state index contributed by atoms with van der Waals surface area (Å²) < 4.78 is 0. The highest BCUT2D eigenvalue weighted by molar-refractivity contribution is 5.87. The molecule has 16 heavy (non-hydrogen) atoms. The van der Waals surface area contributed by atoms with Gasteiger partial charge in [-0.05, 0) is 38.0 Å². The normalized spacial score (nSPS) is 25.3. The zero-order valence-corrected chi connectivity index (χ0v) is 9.87. The SMILES string of the molecule is CC(=O)N1CCCCC1C(=O)NCC1CC1. The molecule has 4 nitrogen and oxygen atoms in total. The first-order chi connectivity index (χ1) is 7.68. The van der Waals surface area contributed by atoms with Crippen molar-refractivity contribution in [1.29, 1.82) is 0 Å². The molecule has 2 fully saturated rings. The summed E-state index contributed by atoms with van der Waals surface area (Å²) in [5.74, 6) is 0.756. The minimum atomic E-state index is -0.218. The van der Waals surface area contributed by atoms with Crippen molar-refractivity contribution >= 4 is 11.8 Å². The number of likely N-dealkylation sites (tertiary alicyclic amines) is 1. The fourth-order valence-corrected chi connectivity index (χ4v) is 2.27. The van der Waals surface area contributed by atoms with Crippen molar-refractivity contribution in [2.24, 2.45) is 5.92 Å². The molecule has 0 aromatic carbocycles. The maximum atomic E-state index is 11.9. The van der Waals surface area contributed by atoms with E-state index in [-0.39, 0.29) is 17.9 Å². The molecular weight excluding hydrogens is 204 g/mol. The summed E-state index contributed by atoms with van der Waals surface area (Å²) in [6.07, 6.45) is 5.36. The number of amides is 2. The molecule has 1 aliphatic carbocycles. The number of nitrogens with zero attached hydrogens (tertiary/aromatic N) is 1. The van der Waals surface area contributed by atoms with Crippen LogP contribution >= 0.6 is 0 Å². The van der Waals surface area contributed by atoms with Crippen LogP contribution in [0.2, 0.25) is 0 Å². The number of rotatable bonds is 3. The zero-order chi connectivity index (χ0) is 11.5. The lowest BCUT2D eigenvalue weighted by molar-refractivity contribution is -0.140. The lowest BCUT2D eigenvalue weighted by atomic mass is 10.0. The molecule has 2 rings (SSSR count). The van der Waals surface area contributed by atoms with Crippen molar-refractivity contribution < 1.29 is 9.59 Å². The average Bonchev–Trinajstić information content (AvgIpc) is 3.09. The maximum Gasteiger partial charge on any atom is 0.242 e. The monoisotopic (exact) mass is 224 g/mol. The molecule has 1 unspecified atom stereocenters. The van der Waals surface area contributed by atoms with Crippen LogP contribution in [0.3, 0.4) is 0 Å². The molecule has 1 atom stereocenters. The van der Waals surface area contributed by atoms with Crippen molar-refractivity contribution in [3.05, 3.63) is 0 Å². The highest BCUT2D eigenvalue weighted by Crippen LogP contribution is 2.27. The summed E-state index contributed by atoms with van der Waals surface area (Å²) >= 11 is 0. The van der Waals surface area contributed by atoms with Gasteiger partial charge in [-0.3, -0.25) is 9.59 Å². The molecule has 0 aromatic heterocycles. The molecule has 2 amide bonds. The van der Waals surface area contributed by atoms with E-state index in [9.17, 15) is 9.59 Å². The van der Waals surface area contributed by atoms with Crippen LogP contribution < -0.4 is 5.32 Å². The number of hydrogen-bond donors (Lipinski definition) is 1. The highest BCUT2D eigenvalue weighted by atomic mass is 16.2. The number of hydrogen-bond acceptors (Lipinski definition) is 2. The van der Waals surface area contributed by atoms with E-state index in [1.54, 1.807) is 11.8 Å². The van der Waals surface area contributed by atoms with Crippen LogP contribution in [0.15, 0.2) is 0 Å². The molecule has 1 saturated heterocycles. The number of nitrogens with one attached hydrogen (secondary N) is 1. The van der Waals surface area contributed by atoms with Gasteiger partial charge in [-0.2, -0.15) is 0 Å². The van der Waals surface area contributed by atoms with Crippen LogP contribution in [0.25, 0.3) is 0 Å². The Morgan fingerprint density at radius 2 is 2.00 bits per heavy atom. The third kappa shape index (κ3) is 2.74. The quantitative estimate of drug-likeness (QED) is 0.774. The first kappa shape index (κ1) is 11.4. The molecule has 1 saturated carbocycles. The van der Waals surface area contributed by atoms with E-state index in [0.717, 1.165) is 32.4 Å². The van der Waals surface area contributed by atoms with Crippen LogP contribution in [0.5, 0.6) is 0 Å². The number of carbonyl (C=O) groups is 2. The second kappa shape index (κ2) is 4.85. The first-order valence-corrected chi connectivity index (χ1v) is 6.23. The molecule has 4 heteroatoms. The smallest absolute Gasteiger partial charge is 0.242 e. The summed E-state index contributed by atoms with van der Waals surface area (Å²) in [5.41, 5.74) is 0. The van der Waals surface area contributed by atoms with E-state index >= 15 is 0 Å². The van der Waals surface area contributed by atoms with Crippen molar-refractivity contribution in [3.63, 3.8) is 0 Å². The van der Waals surface area contributed by atoms with E-state index in [1.807, 2.05) is 0 Å². The zero-order valence-electron chi connectivity index (χ0n) is 9.87. The summed E-state index contributed by atoms with van der Waals surface area (Å²) in [4.78, 5) is 25.1. The predicted molar refractivity (Wildman–Crippen MR) is 60.8 cm³/mol. The lowest BCUT2D eigenvalue weighted by Crippen LogP contribution is -2.51. The summed E-state index contributed by atoms with van der Waals surface area (Å²) in [6, 6.07) is -0.218.